The van der Waals surface area contributed by atoms with Crippen LogP contribution in [-0.4, -0.2) is 0 Å². The van der Waals surface area contributed by atoms with E-state index in [1.165, 1.54) is 0 Å². The van der Waals surface area contributed by atoms with E-state index in [0.717, 1.165) is 11.4 Å². The van der Waals surface area contributed by atoms with Crippen LogP contribution in [0, 0.1) is 13.8 Å². The van der Waals surface area contributed by atoms with E-state index in [2.05, 4.69) is 4.98 Å². The number of nitrogens with zero attached hydrogens (tertiary/aromatic N) is 1. The zero-order valence-corrected chi connectivity index (χ0v) is 9.83. The Morgan fingerprint density at radius 3 is 1.60 bits per heavy atom. The third kappa shape index (κ3) is 5.52. The molecule has 0 saturated carbocycles. The average molecular weight is 256 g/mol. The van der Waals surface area contributed by atoms with Gasteiger partial charge in [-0.25, -0.2) is 0 Å². The molecule has 0 bridgehead atoms. The Morgan fingerprint density at radius 2 is 1.50 bits per heavy atom. The van der Waals surface area contributed by atoms with Gasteiger partial charge in [0, 0.05) is 0 Å². The summed E-state index contributed by atoms with van der Waals surface area (Å²) in [6, 6.07) is 4.02. The molecule has 56 valence electrons. The summed E-state index contributed by atoms with van der Waals surface area (Å²) < 4.78 is 0. The van der Waals surface area contributed by atoms with Crippen molar-refractivity contribution < 1.29 is 20.8 Å². The van der Waals surface area contributed by atoms with E-state index in [-0.39, 0.29) is 0 Å². The normalized spacial score (nSPS) is 8.00. The molecule has 0 N–H and O–H groups in total. The van der Waals surface area contributed by atoms with Crippen LogP contribution >= 0.6 is 17.0 Å². The zero-order chi connectivity index (χ0) is 7.98. The summed E-state index contributed by atoms with van der Waals surface area (Å²) in [7, 11) is 9.87. The van der Waals surface area contributed by atoms with Crippen LogP contribution in [0.2, 0.25) is 0 Å². The molecule has 1 rings (SSSR count). The number of hydrogen-bond donors (Lipinski definition) is 0. The van der Waals surface area contributed by atoms with Crippen LogP contribution in [0.3, 0.4) is 0 Å². The van der Waals surface area contributed by atoms with Gasteiger partial charge >= 0.3 is 37.9 Å². The topological polar surface area (TPSA) is 14.1 Å². The van der Waals surface area contributed by atoms with E-state index in [0.29, 0.717) is 0 Å². The molecule has 1 aromatic heterocycles. The van der Waals surface area contributed by atoms with Crippen molar-refractivity contribution in [3.05, 3.63) is 23.5 Å². The van der Waals surface area contributed by atoms with Crippen LogP contribution in [-0.2, 0) is 20.8 Å². The number of rotatable bonds is 0. The summed E-state index contributed by atoms with van der Waals surface area (Å²) in [4.78, 5) is 4.11. The molecule has 1 heterocycles. The van der Waals surface area contributed by atoms with Crippen LogP contribution in [0.5, 0.6) is 0 Å². The van der Waals surface area contributed by atoms with E-state index < -0.39 is 20.8 Å². The summed E-state index contributed by atoms with van der Waals surface area (Å²) in [6.45, 7) is 3.99. The second-order valence-electron chi connectivity index (χ2n) is 1.80. The van der Waals surface area contributed by atoms with Crippen molar-refractivity contribution in [1.29, 1.82) is 0 Å². The van der Waals surface area contributed by atoms with Crippen molar-refractivity contribution in [2.24, 2.45) is 0 Å². The number of aryl methyl sites for hydroxylation is 2. The third-order valence-electron chi connectivity index (χ3n) is 0.918. The SMILES string of the molecule is Cc1ccc(C)[n-]1.[Cl][Zr][Cl]. The molecule has 0 unspecified atom stereocenters. The molecule has 1 aromatic rings. The Morgan fingerprint density at radius 1 is 1.20 bits per heavy atom. The van der Waals surface area contributed by atoms with Crippen molar-refractivity contribution in [2.75, 3.05) is 0 Å². The fourth-order valence-corrected chi connectivity index (χ4v) is 0.594. The Bertz CT molecular complexity index is 160. The summed E-state index contributed by atoms with van der Waals surface area (Å²) in [5, 5.41) is 0. The molecule has 0 atom stereocenters. The van der Waals surface area contributed by atoms with E-state index >= 15 is 0 Å². The minimum atomic E-state index is -0.826. The van der Waals surface area contributed by atoms with Gasteiger partial charge in [0.2, 0.25) is 0 Å². The second-order valence-corrected chi connectivity index (χ2v) is 5.53. The van der Waals surface area contributed by atoms with Crippen molar-refractivity contribution in [3.8, 4) is 0 Å². The summed E-state index contributed by atoms with van der Waals surface area (Å²) in [6.07, 6.45) is 0. The first-order valence-electron chi connectivity index (χ1n) is 2.74. The molecule has 1 nitrogen and oxygen atoms in total. The second kappa shape index (κ2) is 6.45. The predicted molar refractivity (Wildman–Crippen MR) is 40.9 cm³/mol. The van der Waals surface area contributed by atoms with Crippen molar-refractivity contribution in [2.45, 2.75) is 13.8 Å². The maximum absolute atomic E-state index is 4.93. The first-order valence-corrected chi connectivity index (χ1v) is 9.07. The average Bonchev–Trinajstić information content (AvgIpc) is 2.17. The van der Waals surface area contributed by atoms with E-state index in [4.69, 9.17) is 17.0 Å². The monoisotopic (exact) mass is 254 g/mol. The molecule has 0 aromatic carbocycles. The minimum absolute atomic E-state index is 0.826. The Hall–Kier alpha value is 0.743. The predicted octanol–water partition coefficient (Wildman–Crippen LogP) is 2.64. The molecule has 0 aliphatic carbocycles. The molecular weight excluding hydrogens is 248 g/mol. The molecule has 0 aliphatic rings. The van der Waals surface area contributed by atoms with Gasteiger partial charge in [-0.15, -0.1) is 0 Å². The third-order valence-corrected chi connectivity index (χ3v) is 0.918. The van der Waals surface area contributed by atoms with Gasteiger partial charge in [0.25, 0.3) is 0 Å². The van der Waals surface area contributed by atoms with Crippen molar-refractivity contribution in [3.63, 3.8) is 0 Å². The molecule has 0 spiro atoms. The summed E-state index contributed by atoms with van der Waals surface area (Å²) in [5.41, 5.74) is 2.22. The summed E-state index contributed by atoms with van der Waals surface area (Å²) >= 11 is -0.826. The first-order chi connectivity index (χ1) is 4.70. The van der Waals surface area contributed by atoms with Crippen LogP contribution < -0.4 is 4.98 Å². The first kappa shape index (κ1) is 10.7. The number of halogens is 2. The van der Waals surface area contributed by atoms with E-state index in [9.17, 15) is 0 Å². The van der Waals surface area contributed by atoms with Gasteiger partial charge in [0.1, 0.15) is 0 Å². The standard InChI is InChI=1S/C6H8N.2ClH.Zr/c1-5-3-4-6(2)7-5;;;/h3-4H,1-2H3;2*1H;/q-1;;;+2/p-2. The Kier molecular flexibility index (Phi) is 6.93. The van der Waals surface area contributed by atoms with Gasteiger partial charge in [0.05, 0.1) is 0 Å². The van der Waals surface area contributed by atoms with Gasteiger partial charge < -0.3 is 4.98 Å². The Labute approximate surface area is 79.8 Å². The quantitative estimate of drug-likeness (QED) is 0.696. The molecule has 10 heavy (non-hydrogen) atoms. The van der Waals surface area contributed by atoms with Gasteiger partial charge in [-0.05, 0) is 0 Å². The van der Waals surface area contributed by atoms with E-state index in [1.807, 2.05) is 26.0 Å². The summed E-state index contributed by atoms with van der Waals surface area (Å²) in [5.74, 6) is 0. The Balaban J connectivity index is 0.000000236. The van der Waals surface area contributed by atoms with Crippen molar-refractivity contribution >= 4 is 17.0 Å². The molecule has 0 aliphatic heterocycles. The van der Waals surface area contributed by atoms with Gasteiger partial charge in [-0.1, -0.05) is 26.0 Å². The maximum atomic E-state index is 4.93. The fourth-order valence-electron chi connectivity index (χ4n) is 0.594. The molecule has 0 amide bonds. The van der Waals surface area contributed by atoms with Gasteiger partial charge in [0.15, 0.2) is 0 Å². The number of hydrogen-bond acceptors (Lipinski definition) is 0. The van der Waals surface area contributed by atoms with E-state index in [1.54, 1.807) is 0 Å². The van der Waals surface area contributed by atoms with Crippen LogP contribution in [0.25, 0.3) is 0 Å². The molecular formula is C6H8Cl2NZr-. The van der Waals surface area contributed by atoms with Gasteiger partial charge in [-0.2, -0.15) is 11.4 Å². The van der Waals surface area contributed by atoms with Crippen molar-refractivity contribution in [1.82, 2.24) is 4.98 Å². The number of aromatic nitrogens is 1. The molecule has 4 heteroatoms. The van der Waals surface area contributed by atoms with Gasteiger partial charge in [-0.3, -0.25) is 0 Å². The fraction of sp³-hybridized carbons (Fsp3) is 0.333. The zero-order valence-electron chi connectivity index (χ0n) is 5.86. The molecule has 0 radical (unpaired) electrons. The van der Waals surface area contributed by atoms with Crippen LogP contribution in [0.1, 0.15) is 11.4 Å². The van der Waals surface area contributed by atoms with Crippen LogP contribution in [0.15, 0.2) is 12.1 Å². The molecule has 0 saturated heterocycles. The molecule has 0 fully saturated rings. The van der Waals surface area contributed by atoms with Crippen LogP contribution in [0.4, 0.5) is 0 Å².